The first-order valence-electron chi connectivity index (χ1n) is 4.42. The first kappa shape index (κ1) is 12.1. The zero-order chi connectivity index (χ0) is 12.0. The molecular formula is C12H8ClNO2. The molecule has 0 aliphatic rings. The Morgan fingerprint density at radius 3 is 2.88 bits per heavy atom. The molecule has 1 aromatic rings. The van der Waals surface area contributed by atoms with E-state index >= 15 is 0 Å². The minimum Gasteiger partial charge on any atom is -0.465 e. The molecule has 16 heavy (non-hydrogen) atoms. The summed E-state index contributed by atoms with van der Waals surface area (Å²) < 4.78 is 4.55. The maximum absolute atomic E-state index is 11.2. The van der Waals surface area contributed by atoms with E-state index in [1.54, 1.807) is 18.2 Å². The van der Waals surface area contributed by atoms with Gasteiger partial charge in [-0.25, -0.2) is 4.79 Å². The number of carbonyl (C=O) groups is 1. The van der Waals surface area contributed by atoms with Gasteiger partial charge in [0.05, 0.1) is 30.2 Å². The van der Waals surface area contributed by atoms with Gasteiger partial charge in [0.25, 0.3) is 0 Å². The molecule has 0 bridgehead atoms. The van der Waals surface area contributed by atoms with Crippen molar-refractivity contribution < 1.29 is 9.53 Å². The van der Waals surface area contributed by atoms with Gasteiger partial charge in [-0.1, -0.05) is 23.4 Å². The number of ether oxygens (including phenoxy) is 1. The molecule has 0 heterocycles. The standard InChI is InChI=1S/C12H8ClNO2/c1-16-12(15)10-6-5-9(8-11(10)13)4-2-3-7-14/h5-6,8H,3H2,1H3. The number of nitriles is 1. The van der Waals surface area contributed by atoms with Crippen LogP contribution in [-0.4, -0.2) is 13.1 Å². The highest BCUT2D eigenvalue weighted by Gasteiger charge is 2.09. The molecule has 4 heteroatoms. The maximum Gasteiger partial charge on any atom is 0.339 e. The van der Waals surface area contributed by atoms with Crippen molar-refractivity contribution in [3.63, 3.8) is 0 Å². The zero-order valence-corrected chi connectivity index (χ0v) is 9.34. The van der Waals surface area contributed by atoms with Gasteiger partial charge >= 0.3 is 5.97 Å². The fourth-order valence-electron chi connectivity index (χ4n) is 1.05. The summed E-state index contributed by atoms with van der Waals surface area (Å²) in [5, 5.41) is 8.60. The zero-order valence-electron chi connectivity index (χ0n) is 8.58. The summed E-state index contributed by atoms with van der Waals surface area (Å²) in [6, 6.07) is 6.68. The Hall–Kier alpha value is -1.97. The van der Waals surface area contributed by atoms with Crippen LogP contribution in [0.5, 0.6) is 0 Å². The van der Waals surface area contributed by atoms with Gasteiger partial charge in [-0.15, -0.1) is 0 Å². The van der Waals surface area contributed by atoms with Crippen LogP contribution in [0, 0.1) is 23.2 Å². The molecule has 0 fully saturated rings. The predicted octanol–water partition coefficient (Wildman–Crippen LogP) is 2.39. The highest BCUT2D eigenvalue weighted by molar-refractivity contribution is 6.33. The van der Waals surface area contributed by atoms with E-state index in [-0.39, 0.29) is 11.4 Å². The van der Waals surface area contributed by atoms with Crippen molar-refractivity contribution >= 4 is 17.6 Å². The van der Waals surface area contributed by atoms with Gasteiger partial charge < -0.3 is 4.74 Å². The average molecular weight is 234 g/mol. The number of carbonyl (C=O) groups excluding carboxylic acids is 1. The Bertz CT molecular complexity index is 506. The molecule has 0 amide bonds. The summed E-state index contributed by atoms with van der Waals surface area (Å²) in [4.78, 5) is 11.2. The van der Waals surface area contributed by atoms with Gasteiger partial charge in [0.2, 0.25) is 0 Å². The lowest BCUT2D eigenvalue weighted by molar-refractivity contribution is 0.0601. The molecule has 1 rings (SSSR count). The number of hydrogen-bond donors (Lipinski definition) is 0. The van der Waals surface area contributed by atoms with Crippen molar-refractivity contribution in [2.45, 2.75) is 6.42 Å². The SMILES string of the molecule is COC(=O)c1ccc(C#CCC#N)cc1Cl. The van der Waals surface area contributed by atoms with Crippen LogP contribution >= 0.6 is 11.6 Å². The Morgan fingerprint density at radius 1 is 1.56 bits per heavy atom. The Balaban J connectivity index is 2.98. The van der Waals surface area contributed by atoms with Crippen molar-refractivity contribution in [3.05, 3.63) is 34.3 Å². The quantitative estimate of drug-likeness (QED) is 0.553. The highest BCUT2D eigenvalue weighted by atomic mass is 35.5. The van der Waals surface area contributed by atoms with Gasteiger partial charge in [-0.3, -0.25) is 0 Å². The number of benzene rings is 1. The summed E-state index contributed by atoms with van der Waals surface area (Å²) in [7, 11) is 1.29. The van der Waals surface area contributed by atoms with Crippen LogP contribution in [-0.2, 0) is 4.74 Å². The Labute approximate surface area is 98.6 Å². The number of nitrogens with zero attached hydrogens (tertiary/aromatic N) is 1. The molecule has 0 radical (unpaired) electrons. The largest absolute Gasteiger partial charge is 0.465 e. The molecule has 0 spiro atoms. The normalized spacial score (nSPS) is 8.56. The molecule has 0 unspecified atom stereocenters. The Kier molecular flexibility index (Phi) is 4.39. The first-order chi connectivity index (χ1) is 7.69. The fourth-order valence-corrected chi connectivity index (χ4v) is 1.31. The minimum atomic E-state index is -0.485. The lowest BCUT2D eigenvalue weighted by Crippen LogP contribution is -2.01. The third kappa shape index (κ3) is 3.02. The number of methoxy groups -OCH3 is 1. The third-order valence-electron chi connectivity index (χ3n) is 1.77. The van der Waals surface area contributed by atoms with Crippen molar-refractivity contribution in [1.82, 2.24) is 0 Å². The van der Waals surface area contributed by atoms with Crippen molar-refractivity contribution in [2.75, 3.05) is 7.11 Å². The van der Waals surface area contributed by atoms with Crippen LogP contribution in [0.15, 0.2) is 18.2 Å². The van der Waals surface area contributed by atoms with Crippen molar-refractivity contribution in [3.8, 4) is 17.9 Å². The molecule has 1 aromatic carbocycles. The molecule has 0 atom stereocenters. The molecule has 0 aliphatic carbocycles. The summed E-state index contributed by atoms with van der Waals surface area (Å²) in [6.45, 7) is 0. The van der Waals surface area contributed by atoms with Gasteiger partial charge in [0, 0.05) is 5.56 Å². The lowest BCUT2D eigenvalue weighted by atomic mass is 10.1. The highest BCUT2D eigenvalue weighted by Crippen LogP contribution is 2.18. The molecule has 0 N–H and O–H groups in total. The average Bonchev–Trinajstić information content (AvgIpc) is 2.29. The van der Waals surface area contributed by atoms with Gasteiger partial charge in [-0.05, 0) is 18.2 Å². The van der Waals surface area contributed by atoms with Crippen LogP contribution < -0.4 is 0 Å². The van der Waals surface area contributed by atoms with Crippen LogP contribution in [0.2, 0.25) is 5.02 Å². The van der Waals surface area contributed by atoms with Crippen LogP contribution in [0.25, 0.3) is 0 Å². The summed E-state index contributed by atoms with van der Waals surface area (Å²) in [6.07, 6.45) is 0.163. The summed E-state index contributed by atoms with van der Waals surface area (Å²) in [5.41, 5.74) is 0.961. The first-order valence-corrected chi connectivity index (χ1v) is 4.80. The number of rotatable bonds is 1. The molecule has 0 aliphatic heterocycles. The number of halogens is 1. The molecule has 80 valence electrons. The fraction of sp³-hybridized carbons (Fsp3) is 0.167. The smallest absolute Gasteiger partial charge is 0.339 e. The van der Waals surface area contributed by atoms with Crippen LogP contribution in [0.4, 0.5) is 0 Å². The van der Waals surface area contributed by atoms with Crippen molar-refractivity contribution in [1.29, 1.82) is 5.26 Å². The van der Waals surface area contributed by atoms with E-state index in [1.165, 1.54) is 7.11 Å². The molecule has 0 saturated heterocycles. The topological polar surface area (TPSA) is 50.1 Å². The van der Waals surface area contributed by atoms with Gasteiger partial charge in [0.15, 0.2) is 0 Å². The summed E-state index contributed by atoms with van der Waals surface area (Å²) >= 11 is 5.88. The van der Waals surface area contributed by atoms with E-state index in [0.29, 0.717) is 11.1 Å². The van der Waals surface area contributed by atoms with E-state index in [9.17, 15) is 4.79 Å². The van der Waals surface area contributed by atoms with E-state index in [4.69, 9.17) is 16.9 Å². The monoisotopic (exact) mass is 233 g/mol. The van der Waals surface area contributed by atoms with Crippen molar-refractivity contribution in [2.24, 2.45) is 0 Å². The van der Waals surface area contributed by atoms with E-state index < -0.39 is 5.97 Å². The van der Waals surface area contributed by atoms with Gasteiger partial charge in [-0.2, -0.15) is 5.26 Å². The molecule has 0 aromatic heterocycles. The van der Waals surface area contributed by atoms with Gasteiger partial charge in [0.1, 0.15) is 0 Å². The van der Waals surface area contributed by atoms with E-state index in [1.807, 2.05) is 6.07 Å². The molecule has 3 nitrogen and oxygen atoms in total. The second kappa shape index (κ2) is 5.80. The lowest BCUT2D eigenvalue weighted by Gasteiger charge is -2.01. The van der Waals surface area contributed by atoms with Crippen LogP contribution in [0.3, 0.4) is 0 Å². The third-order valence-corrected chi connectivity index (χ3v) is 2.09. The predicted molar refractivity (Wildman–Crippen MR) is 59.9 cm³/mol. The molecular weight excluding hydrogens is 226 g/mol. The minimum absolute atomic E-state index is 0.163. The summed E-state index contributed by atoms with van der Waals surface area (Å²) in [5.74, 6) is 4.93. The van der Waals surface area contributed by atoms with E-state index in [2.05, 4.69) is 16.6 Å². The second-order valence-corrected chi connectivity index (χ2v) is 3.23. The number of hydrogen-bond acceptors (Lipinski definition) is 3. The second-order valence-electron chi connectivity index (χ2n) is 2.82. The molecule has 0 saturated carbocycles. The Morgan fingerprint density at radius 2 is 2.31 bits per heavy atom. The van der Waals surface area contributed by atoms with Crippen LogP contribution in [0.1, 0.15) is 22.3 Å². The maximum atomic E-state index is 11.2. The van der Waals surface area contributed by atoms with E-state index in [0.717, 1.165) is 0 Å². The number of esters is 1.